The highest BCUT2D eigenvalue weighted by atomic mass is 35.5. The van der Waals surface area contributed by atoms with Gasteiger partial charge in [0.2, 0.25) is 0 Å². The maximum Gasteiger partial charge on any atom is 0.0747 e. The Hall–Kier alpha value is -2.73. The average molecular weight is 407 g/mol. The molecule has 0 aliphatic carbocycles. The van der Waals surface area contributed by atoms with Crippen LogP contribution >= 0.6 is 11.6 Å². The van der Waals surface area contributed by atoms with E-state index in [-0.39, 0.29) is 6.61 Å². The van der Waals surface area contributed by atoms with Crippen LogP contribution in [0.2, 0.25) is 5.02 Å². The zero-order valence-electron chi connectivity index (χ0n) is 16.1. The first kappa shape index (κ1) is 19.6. The summed E-state index contributed by atoms with van der Waals surface area (Å²) in [5, 5.41) is 15.8. The van der Waals surface area contributed by atoms with Gasteiger partial charge in [-0.3, -0.25) is 14.6 Å². The van der Waals surface area contributed by atoms with Crippen molar-refractivity contribution in [3.63, 3.8) is 0 Å². The van der Waals surface area contributed by atoms with Crippen LogP contribution in [0, 0.1) is 0 Å². The minimum atomic E-state index is 0.0874. The minimum Gasteiger partial charge on any atom is -0.395 e. The fraction of sp³-hybridized carbons (Fsp3) is 0.217. The van der Waals surface area contributed by atoms with Gasteiger partial charge in [0.25, 0.3) is 0 Å². The maximum atomic E-state index is 9.56. The van der Waals surface area contributed by atoms with E-state index in [0.717, 1.165) is 28.6 Å². The van der Waals surface area contributed by atoms with Gasteiger partial charge in [-0.25, -0.2) is 0 Å². The van der Waals surface area contributed by atoms with Crippen molar-refractivity contribution in [1.29, 1.82) is 0 Å². The Morgan fingerprint density at radius 2 is 1.86 bits per heavy atom. The lowest BCUT2D eigenvalue weighted by atomic mass is 10.1. The first-order valence-corrected chi connectivity index (χ1v) is 10.0. The predicted molar refractivity (Wildman–Crippen MR) is 116 cm³/mol. The average Bonchev–Trinajstić information content (AvgIpc) is 3.15. The van der Waals surface area contributed by atoms with Gasteiger partial charge in [-0.2, -0.15) is 5.10 Å². The molecule has 0 spiro atoms. The molecule has 4 aromatic rings. The molecule has 0 saturated carbocycles. The van der Waals surface area contributed by atoms with Gasteiger partial charge in [0.1, 0.15) is 0 Å². The number of benzene rings is 2. The number of hydrogen-bond donors (Lipinski definition) is 1. The third-order valence-electron chi connectivity index (χ3n) is 4.84. The van der Waals surface area contributed by atoms with Crippen LogP contribution in [0.1, 0.15) is 16.7 Å². The minimum absolute atomic E-state index is 0.0874. The number of rotatable bonds is 8. The number of aromatic nitrogens is 3. The third kappa shape index (κ3) is 5.01. The van der Waals surface area contributed by atoms with Crippen molar-refractivity contribution in [2.24, 2.45) is 0 Å². The fourth-order valence-electron chi connectivity index (χ4n) is 3.55. The smallest absolute Gasteiger partial charge is 0.0747 e. The van der Waals surface area contributed by atoms with Gasteiger partial charge in [-0.15, -0.1) is 0 Å². The SMILES string of the molecule is OCCN(Cc1cnn(Cc2ccccc2)c1)Cc1cc(Cl)cc2cccnc12. The van der Waals surface area contributed by atoms with Gasteiger partial charge < -0.3 is 5.11 Å². The lowest BCUT2D eigenvalue weighted by Gasteiger charge is -2.21. The molecule has 0 saturated heterocycles. The van der Waals surface area contributed by atoms with Crippen molar-refractivity contribution < 1.29 is 5.11 Å². The Bertz CT molecular complexity index is 1080. The Kier molecular flexibility index (Phi) is 6.20. The van der Waals surface area contributed by atoms with Gasteiger partial charge in [0.15, 0.2) is 0 Å². The molecule has 2 aromatic heterocycles. The molecule has 0 unspecified atom stereocenters. The number of hydrogen-bond acceptors (Lipinski definition) is 4. The van der Waals surface area contributed by atoms with E-state index in [9.17, 15) is 5.11 Å². The summed E-state index contributed by atoms with van der Waals surface area (Å²) in [6.07, 6.45) is 5.75. The van der Waals surface area contributed by atoms with Crippen LogP contribution in [0.15, 0.2) is 73.2 Å². The second kappa shape index (κ2) is 9.18. The van der Waals surface area contributed by atoms with Crippen LogP contribution in [0.3, 0.4) is 0 Å². The summed E-state index contributed by atoms with van der Waals surface area (Å²) < 4.78 is 1.94. The van der Waals surface area contributed by atoms with Crippen molar-refractivity contribution in [1.82, 2.24) is 19.7 Å². The lowest BCUT2D eigenvalue weighted by Crippen LogP contribution is -2.26. The van der Waals surface area contributed by atoms with Crippen LogP contribution in [0.25, 0.3) is 10.9 Å². The van der Waals surface area contributed by atoms with Crippen LogP contribution < -0.4 is 0 Å². The second-order valence-corrected chi connectivity index (χ2v) is 7.54. The normalized spacial score (nSPS) is 11.4. The summed E-state index contributed by atoms with van der Waals surface area (Å²) in [6, 6.07) is 18.1. The van der Waals surface area contributed by atoms with E-state index < -0.39 is 0 Å². The molecule has 0 radical (unpaired) electrons. The fourth-order valence-corrected chi connectivity index (χ4v) is 3.80. The van der Waals surface area contributed by atoms with E-state index in [0.29, 0.717) is 24.7 Å². The van der Waals surface area contributed by atoms with Crippen LogP contribution in [0.4, 0.5) is 0 Å². The molecule has 4 rings (SSSR count). The molecule has 2 heterocycles. The van der Waals surface area contributed by atoms with E-state index in [1.165, 1.54) is 5.56 Å². The molecule has 0 amide bonds. The molecule has 0 atom stereocenters. The van der Waals surface area contributed by atoms with E-state index in [1.807, 2.05) is 53.3 Å². The zero-order chi connectivity index (χ0) is 20.1. The maximum absolute atomic E-state index is 9.56. The monoisotopic (exact) mass is 406 g/mol. The van der Waals surface area contributed by atoms with E-state index in [2.05, 4.69) is 33.3 Å². The van der Waals surface area contributed by atoms with Crippen molar-refractivity contribution in [3.05, 3.63) is 94.9 Å². The van der Waals surface area contributed by atoms with Crippen LogP contribution in [-0.2, 0) is 19.6 Å². The van der Waals surface area contributed by atoms with E-state index in [4.69, 9.17) is 11.6 Å². The number of fused-ring (bicyclic) bond motifs is 1. The van der Waals surface area contributed by atoms with Gasteiger partial charge >= 0.3 is 0 Å². The van der Waals surface area contributed by atoms with Gasteiger partial charge in [0, 0.05) is 48.0 Å². The Balaban J connectivity index is 1.51. The van der Waals surface area contributed by atoms with Gasteiger partial charge in [0.05, 0.1) is 24.9 Å². The Labute approximate surface area is 175 Å². The standard InChI is InChI=1S/C23H23ClN4O/c24-22-11-20-7-4-8-25-23(20)21(12-22)17-27(9-10-29)14-19-13-26-28(16-19)15-18-5-2-1-3-6-18/h1-8,11-13,16,29H,9-10,14-15,17H2. The summed E-state index contributed by atoms with van der Waals surface area (Å²) in [7, 11) is 0. The quantitative estimate of drug-likeness (QED) is 0.478. The largest absolute Gasteiger partial charge is 0.395 e. The molecule has 5 nitrogen and oxygen atoms in total. The van der Waals surface area contributed by atoms with Gasteiger partial charge in [-0.1, -0.05) is 48.0 Å². The highest BCUT2D eigenvalue weighted by Gasteiger charge is 2.12. The molecule has 2 aromatic carbocycles. The molecule has 1 N–H and O–H groups in total. The highest BCUT2D eigenvalue weighted by Crippen LogP contribution is 2.24. The number of aliphatic hydroxyl groups is 1. The number of halogens is 1. The second-order valence-electron chi connectivity index (χ2n) is 7.11. The van der Waals surface area contributed by atoms with Crippen molar-refractivity contribution in [2.45, 2.75) is 19.6 Å². The number of pyridine rings is 1. The highest BCUT2D eigenvalue weighted by molar-refractivity contribution is 6.31. The summed E-state index contributed by atoms with van der Waals surface area (Å²) in [5.41, 5.74) is 4.32. The van der Waals surface area contributed by atoms with E-state index in [1.54, 1.807) is 6.20 Å². The number of nitrogens with zero attached hydrogens (tertiary/aromatic N) is 4. The molecule has 148 valence electrons. The van der Waals surface area contributed by atoms with Crippen molar-refractivity contribution in [3.8, 4) is 0 Å². The van der Waals surface area contributed by atoms with Crippen molar-refractivity contribution >= 4 is 22.5 Å². The molecular weight excluding hydrogens is 384 g/mol. The molecule has 0 aliphatic heterocycles. The molecule has 6 heteroatoms. The summed E-state index contributed by atoms with van der Waals surface area (Å²) in [5.74, 6) is 0. The van der Waals surface area contributed by atoms with Crippen molar-refractivity contribution in [2.75, 3.05) is 13.2 Å². The molecule has 0 fully saturated rings. The Morgan fingerprint density at radius 1 is 1.00 bits per heavy atom. The van der Waals surface area contributed by atoms with Crippen LogP contribution in [0.5, 0.6) is 0 Å². The predicted octanol–water partition coefficient (Wildman–Crippen LogP) is 4.13. The third-order valence-corrected chi connectivity index (χ3v) is 5.06. The molecular formula is C23H23ClN4O. The molecule has 0 aliphatic rings. The number of aliphatic hydroxyl groups excluding tert-OH is 1. The summed E-state index contributed by atoms with van der Waals surface area (Å²) in [4.78, 5) is 6.71. The van der Waals surface area contributed by atoms with Crippen LogP contribution in [-0.4, -0.2) is 37.9 Å². The molecule has 29 heavy (non-hydrogen) atoms. The summed E-state index contributed by atoms with van der Waals surface area (Å²) in [6.45, 7) is 2.73. The first-order chi connectivity index (χ1) is 14.2. The van der Waals surface area contributed by atoms with Gasteiger partial charge in [-0.05, 0) is 29.3 Å². The topological polar surface area (TPSA) is 54.2 Å². The lowest BCUT2D eigenvalue weighted by molar-refractivity contribution is 0.184. The summed E-state index contributed by atoms with van der Waals surface area (Å²) >= 11 is 6.32. The zero-order valence-corrected chi connectivity index (χ0v) is 16.8. The van der Waals surface area contributed by atoms with E-state index >= 15 is 0 Å². The Morgan fingerprint density at radius 3 is 2.69 bits per heavy atom. The first-order valence-electron chi connectivity index (χ1n) is 9.63. The molecule has 0 bridgehead atoms.